The molecule has 0 N–H and O–H groups in total. The fraction of sp³-hybridized carbons (Fsp3) is 0.125. The molecule has 0 aliphatic carbocycles. The SMILES string of the molecule is COc1ccncc1-c1ccc(C#N)c2cc(C)cn12. The molecule has 3 aromatic heterocycles. The third-order valence-corrected chi connectivity index (χ3v) is 3.30. The first-order chi connectivity index (χ1) is 9.74. The maximum absolute atomic E-state index is 9.21. The molecule has 0 aliphatic heterocycles. The minimum Gasteiger partial charge on any atom is -0.496 e. The monoisotopic (exact) mass is 263 g/mol. The Morgan fingerprint density at radius 1 is 1.30 bits per heavy atom. The van der Waals surface area contributed by atoms with Crippen LogP contribution in [-0.4, -0.2) is 16.5 Å². The van der Waals surface area contributed by atoms with Crippen molar-refractivity contribution in [3.05, 3.63) is 54.0 Å². The molecule has 4 nitrogen and oxygen atoms in total. The summed E-state index contributed by atoms with van der Waals surface area (Å²) in [5.41, 5.74) is 4.52. The summed E-state index contributed by atoms with van der Waals surface area (Å²) >= 11 is 0. The number of ether oxygens (including phenoxy) is 1. The number of nitriles is 1. The number of pyridine rings is 2. The van der Waals surface area contributed by atoms with Gasteiger partial charge in [0, 0.05) is 18.6 Å². The first-order valence-electron chi connectivity index (χ1n) is 6.25. The van der Waals surface area contributed by atoms with Gasteiger partial charge in [-0.3, -0.25) is 4.98 Å². The van der Waals surface area contributed by atoms with Crippen molar-refractivity contribution in [2.24, 2.45) is 0 Å². The summed E-state index contributed by atoms with van der Waals surface area (Å²) in [6, 6.07) is 9.81. The van der Waals surface area contributed by atoms with Crippen LogP contribution in [0.2, 0.25) is 0 Å². The van der Waals surface area contributed by atoms with Gasteiger partial charge >= 0.3 is 0 Å². The largest absolute Gasteiger partial charge is 0.496 e. The van der Waals surface area contributed by atoms with Crippen LogP contribution < -0.4 is 4.74 Å². The van der Waals surface area contributed by atoms with Crippen molar-refractivity contribution in [2.75, 3.05) is 7.11 Å². The Morgan fingerprint density at radius 2 is 2.15 bits per heavy atom. The summed E-state index contributed by atoms with van der Waals surface area (Å²) in [5.74, 6) is 0.761. The molecule has 0 saturated carbocycles. The average Bonchev–Trinajstić information content (AvgIpc) is 2.87. The van der Waals surface area contributed by atoms with Crippen molar-refractivity contribution < 1.29 is 4.74 Å². The normalized spacial score (nSPS) is 10.4. The summed E-state index contributed by atoms with van der Waals surface area (Å²) in [7, 11) is 1.64. The van der Waals surface area contributed by atoms with Crippen LogP contribution in [0.5, 0.6) is 5.75 Å². The topological polar surface area (TPSA) is 50.3 Å². The highest BCUT2D eigenvalue weighted by atomic mass is 16.5. The Hall–Kier alpha value is -2.80. The zero-order valence-corrected chi connectivity index (χ0v) is 11.3. The van der Waals surface area contributed by atoms with Crippen molar-refractivity contribution >= 4 is 5.52 Å². The molecule has 0 amide bonds. The highest BCUT2D eigenvalue weighted by Gasteiger charge is 2.12. The number of nitrogens with zero attached hydrogens (tertiary/aromatic N) is 3. The Bertz CT molecular complexity index is 827. The van der Waals surface area contributed by atoms with Gasteiger partial charge in [0.25, 0.3) is 0 Å². The predicted molar refractivity (Wildman–Crippen MR) is 76.6 cm³/mol. The van der Waals surface area contributed by atoms with E-state index in [1.807, 2.05) is 41.8 Å². The van der Waals surface area contributed by atoms with Gasteiger partial charge in [-0.1, -0.05) is 0 Å². The van der Waals surface area contributed by atoms with Gasteiger partial charge in [-0.25, -0.2) is 0 Å². The van der Waals surface area contributed by atoms with Crippen LogP contribution in [0.15, 0.2) is 42.9 Å². The van der Waals surface area contributed by atoms with Gasteiger partial charge in [-0.15, -0.1) is 0 Å². The van der Waals surface area contributed by atoms with Crippen LogP contribution in [0, 0.1) is 18.3 Å². The summed E-state index contributed by atoms with van der Waals surface area (Å²) in [5, 5.41) is 9.21. The lowest BCUT2D eigenvalue weighted by Crippen LogP contribution is -1.96. The van der Waals surface area contributed by atoms with Crippen LogP contribution in [0.4, 0.5) is 0 Å². The van der Waals surface area contributed by atoms with Crippen LogP contribution in [0.1, 0.15) is 11.1 Å². The average molecular weight is 263 g/mol. The maximum atomic E-state index is 9.21. The van der Waals surface area contributed by atoms with Crippen LogP contribution in [0.25, 0.3) is 16.8 Å². The van der Waals surface area contributed by atoms with E-state index in [9.17, 15) is 5.26 Å². The van der Waals surface area contributed by atoms with E-state index in [0.717, 1.165) is 28.1 Å². The number of aromatic nitrogens is 2. The lowest BCUT2D eigenvalue weighted by atomic mass is 10.1. The van der Waals surface area contributed by atoms with Crippen LogP contribution >= 0.6 is 0 Å². The molecule has 0 aliphatic rings. The predicted octanol–water partition coefficient (Wildman–Crippen LogP) is 3.19. The zero-order valence-electron chi connectivity index (χ0n) is 11.3. The van der Waals surface area contributed by atoms with Gasteiger partial charge < -0.3 is 9.14 Å². The standard InChI is InChI=1S/C16H13N3O/c1-11-7-15-12(8-17)3-4-14(19(15)10-11)13-9-18-6-5-16(13)20-2/h3-7,9-10H,1-2H3. The number of fused-ring (bicyclic) bond motifs is 1. The highest BCUT2D eigenvalue weighted by Crippen LogP contribution is 2.30. The summed E-state index contributed by atoms with van der Waals surface area (Å²) in [6.07, 6.45) is 5.48. The molecule has 3 rings (SSSR count). The van der Waals surface area contributed by atoms with Crippen molar-refractivity contribution in [3.8, 4) is 23.1 Å². The molecular weight excluding hydrogens is 250 g/mol. The second kappa shape index (κ2) is 4.71. The molecule has 20 heavy (non-hydrogen) atoms. The number of hydrogen-bond donors (Lipinski definition) is 0. The third kappa shape index (κ3) is 1.81. The Kier molecular flexibility index (Phi) is 2.88. The second-order valence-corrected chi connectivity index (χ2v) is 4.59. The number of hydrogen-bond acceptors (Lipinski definition) is 3. The molecule has 0 spiro atoms. The summed E-state index contributed by atoms with van der Waals surface area (Å²) in [6.45, 7) is 2.01. The molecule has 4 heteroatoms. The second-order valence-electron chi connectivity index (χ2n) is 4.59. The van der Waals surface area contributed by atoms with Gasteiger partial charge in [0.15, 0.2) is 0 Å². The van der Waals surface area contributed by atoms with Crippen molar-refractivity contribution in [1.82, 2.24) is 9.38 Å². The first kappa shape index (κ1) is 12.2. The van der Waals surface area contributed by atoms with E-state index in [1.54, 1.807) is 19.5 Å². The Morgan fingerprint density at radius 3 is 2.90 bits per heavy atom. The molecule has 0 bridgehead atoms. The van der Waals surface area contributed by atoms with E-state index in [0.29, 0.717) is 5.56 Å². The minimum absolute atomic E-state index is 0.657. The fourth-order valence-corrected chi connectivity index (χ4v) is 2.40. The van der Waals surface area contributed by atoms with E-state index in [-0.39, 0.29) is 0 Å². The van der Waals surface area contributed by atoms with Crippen molar-refractivity contribution in [3.63, 3.8) is 0 Å². The van der Waals surface area contributed by atoms with Crippen LogP contribution in [0.3, 0.4) is 0 Å². The molecular formula is C16H13N3O. The van der Waals surface area contributed by atoms with E-state index >= 15 is 0 Å². The van der Waals surface area contributed by atoms with Crippen LogP contribution in [-0.2, 0) is 0 Å². The molecule has 0 atom stereocenters. The minimum atomic E-state index is 0.657. The smallest absolute Gasteiger partial charge is 0.131 e. The van der Waals surface area contributed by atoms with Gasteiger partial charge in [0.2, 0.25) is 0 Å². The van der Waals surface area contributed by atoms with Gasteiger partial charge in [0.05, 0.1) is 29.4 Å². The number of rotatable bonds is 2. The highest BCUT2D eigenvalue weighted by molar-refractivity contribution is 5.74. The third-order valence-electron chi connectivity index (χ3n) is 3.30. The lowest BCUT2D eigenvalue weighted by Gasteiger charge is -2.11. The van der Waals surface area contributed by atoms with Crippen molar-refractivity contribution in [1.29, 1.82) is 5.26 Å². The van der Waals surface area contributed by atoms with E-state index < -0.39 is 0 Å². The van der Waals surface area contributed by atoms with Gasteiger partial charge in [0.1, 0.15) is 11.8 Å². The summed E-state index contributed by atoms with van der Waals surface area (Å²) < 4.78 is 7.40. The van der Waals surface area contributed by atoms with E-state index in [4.69, 9.17) is 4.74 Å². The quantitative estimate of drug-likeness (QED) is 0.713. The molecule has 0 radical (unpaired) electrons. The number of aryl methyl sites for hydroxylation is 1. The van der Waals surface area contributed by atoms with Gasteiger partial charge in [-0.05, 0) is 36.8 Å². The molecule has 3 heterocycles. The number of methoxy groups -OCH3 is 1. The Balaban J connectivity index is 2.35. The molecule has 0 unspecified atom stereocenters. The Labute approximate surface area is 116 Å². The van der Waals surface area contributed by atoms with E-state index in [1.165, 1.54) is 0 Å². The summed E-state index contributed by atoms with van der Waals surface area (Å²) in [4.78, 5) is 4.17. The molecule has 0 saturated heterocycles. The zero-order chi connectivity index (χ0) is 14.1. The van der Waals surface area contributed by atoms with Gasteiger partial charge in [-0.2, -0.15) is 5.26 Å². The first-order valence-corrected chi connectivity index (χ1v) is 6.25. The maximum Gasteiger partial charge on any atom is 0.131 e. The lowest BCUT2D eigenvalue weighted by molar-refractivity contribution is 0.415. The molecule has 0 fully saturated rings. The van der Waals surface area contributed by atoms with Crippen molar-refractivity contribution in [2.45, 2.75) is 6.92 Å². The molecule has 98 valence electrons. The molecule has 3 aromatic rings. The molecule has 0 aromatic carbocycles. The fourth-order valence-electron chi connectivity index (χ4n) is 2.40. The van der Waals surface area contributed by atoms with E-state index in [2.05, 4.69) is 11.1 Å².